The van der Waals surface area contributed by atoms with Crippen molar-refractivity contribution in [1.29, 1.82) is 0 Å². The van der Waals surface area contributed by atoms with E-state index in [4.69, 9.17) is 0 Å². The maximum Gasteiger partial charge on any atom is 0.325 e. The molecule has 0 saturated carbocycles. The number of thioether (sulfide) groups is 1. The fraction of sp³-hybridized carbons (Fsp3) is 0.462. The number of amides is 2. The summed E-state index contributed by atoms with van der Waals surface area (Å²) < 4.78 is 4.68. The summed E-state index contributed by atoms with van der Waals surface area (Å²) in [5.41, 5.74) is -0.101. The summed E-state index contributed by atoms with van der Waals surface area (Å²) in [6.07, 6.45) is -0.0248. The first-order valence-corrected chi connectivity index (χ1v) is 7.79. The number of nitrogens with one attached hydrogen (secondary N) is 3. The van der Waals surface area contributed by atoms with Crippen molar-refractivity contribution in [2.45, 2.75) is 18.5 Å². The van der Waals surface area contributed by atoms with Crippen molar-refractivity contribution in [3.63, 3.8) is 0 Å². The van der Waals surface area contributed by atoms with E-state index in [9.17, 15) is 19.2 Å². The van der Waals surface area contributed by atoms with Crippen molar-refractivity contribution in [2.75, 3.05) is 26.0 Å². The Morgan fingerprint density at radius 3 is 2.74 bits per heavy atom. The molecule has 10 heteroatoms. The number of hydrogen-bond donors (Lipinski definition) is 3. The number of ether oxygens (including phenoxy) is 1. The lowest BCUT2D eigenvalue weighted by atomic mass is 10.3. The Kier molecular flexibility index (Phi) is 7.81. The predicted molar refractivity (Wildman–Crippen MR) is 83.0 cm³/mol. The highest BCUT2D eigenvalue weighted by molar-refractivity contribution is 7.99. The maximum absolute atomic E-state index is 11.6. The number of aromatic nitrogens is 2. The van der Waals surface area contributed by atoms with Gasteiger partial charge in [-0.2, -0.15) is 0 Å². The molecule has 1 heterocycles. The molecule has 0 unspecified atom stereocenters. The number of rotatable bonds is 8. The molecule has 0 spiro atoms. The number of hydrogen-bond acceptors (Lipinski definition) is 7. The fourth-order valence-corrected chi connectivity index (χ4v) is 2.19. The Hall–Kier alpha value is -2.36. The van der Waals surface area contributed by atoms with Crippen LogP contribution >= 0.6 is 11.8 Å². The number of likely N-dealkylation sites (N-methyl/N-ethyl adjacent to an activating group) is 1. The van der Waals surface area contributed by atoms with Crippen LogP contribution in [-0.2, 0) is 25.5 Å². The second kappa shape index (κ2) is 9.62. The topological polar surface area (TPSA) is 130 Å². The maximum atomic E-state index is 11.6. The van der Waals surface area contributed by atoms with E-state index in [1.807, 2.05) is 0 Å². The molecule has 0 aliphatic heterocycles. The van der Waals surface area contributed by atoms with Crippen molar-refractivity contribution >= 4 is 29.5 Å². The van der Waals surface area contributed by atoms with Gasteiger partial charge >= 0.3 is 5.97 Å². The van der Waals surface area contributed by atoms with E-state index >= 15 is 0 Å². The van der Waals surface area contributed by atoms with Gasteiger partial charge < -0.3 is 20.4 Å². The third-order valence-electron chi connectivity index (χ3n) is 2.47. The SMILES string of the molecule is CCOC(=O)CNC(=O)CSc1nc(CC(=O)NC)cc(=O)[nH]1. The first-order chi connectivity index (χ1) is 10.9. The van der Waals surface area contributed by atoms with Crippen LogP contribution in [0.15, 0.2) is 16.0 Å². The molecule has 1 aromatic rings. The van der Waals surface area contributed by atoms with Gasteiger partial charge in [0.15, 0.2) is 5.16 Å². The molecule has 0 aliphatic carbocycles. The zero-order valence-electron chi connectivity index (χ0n) is 12.8. The van der Waals surface area contributed by atoms with Gasteiger partial charge in [-0.25, -0.2) is 4.98 Å². The monoisotopic (exact) mass is 342 g/mol. The summed E-state index contributed by atoms with van der Waals surface area (Å²) in [6.45, 7) is 1.70. The van der Waals surface area contributed by atoms with Crippen molar-refractivity contribution in [2.24, 2.45) is 0 Å². The van der Waals surface area contributed by atoms with Gasteiger partial charge in [-0.15, -0.1) is 0 Å². The molecule has 2 amide bonds. The second-order valence-electron chi connectivity index (χ2n) is 4.26. The minimum atomic E-state index is -0.523. The van der Waals surface area contributed by atoms with E-state index in [1.165, 1.54) is 13.1 Å². The van der Waals surface area contributed by atoms with Crippen LogP contribution in [0.2, 0.25) is 0 Å². The van der Waals surface area contributed by atoms with E-state index in [-0.39, 0.29) is 36.4 Å². The van der Waals surface area contributed by atoms with Crippen LogP contribution in [-0.4, -0.2) is 53.7 Å². The molecule has 0 aromatic carbocycles. The Morgan fingerprint density at radius 1 is 1.35 bits per heavy atom. The Balaban J connectivity index is 2.53. The van der Waals surface area contributed by atoms with Crippen molar-refractivity contribution in [3.05, 3.63) is 22.1 Å². The number of nitrogens with zero attached hydrogens (tertiary/aromatic N) is 1. The summed E-state index contributed by atoms with van der Waals surface area (Å²) in [5, 5.41) is 5.05. The number of aromatic amines is 1. The predicted octanol–water partition coefficient (Wildman–Crippen LogP) is -1.17. The van der Waals surface area contributed by atoms with Crippen LogP contribution in [0, 0.1) is 0 Å². The van der Waals surface area contributed by atoms with Crippen LogP contribution < -0.4 is 16.2 Å². The zero-order valence-corrected chi connectivity index (χ0v) is 13.6. The first kappa shape index (κ1) is 18.7. The summed E-state index contributed by atoms with van der Waals surface area (Å²) in [4.78, 5) is 52.1. The van der Waals surface area contributed by atoms with E-state index in [1.54, 1.807) is 6.92 Å². The van der Waals surface area contributed by atoms with Gasteiger partial charge in [0.1, 0.15) is 6.54 Å². The molecule has 0 bridgehead atoms. The lowest BCUT2D eigenvalue weighted by Gasteiger charge is -2.05. The van der Waals surface area contributed by atoms with Gasteiger partial charge in [0, 0.05) is 13.1 Å². The van der Waals surface area contributed by atoms with E-state index in [0.717, 1.165) is 11.8 Å². The van der Waals surface area contributed by atoms with E-state index < -0.39 is 17.4 Å². The van der Waals surface area contributed by atoms with E-state index in [0.29, 0.717) is 5.69 Å². The molecule has 1 aromatic heterocycles. The Labute approximate surface area is 136 Å². The molecule has 0 radical (unpaired) electrons. The van der Waals surface area contributed by atoms with E-state index in [2.05, 4.69) is 25.3 Å². The zero-order chi connectivity index (χ0) is 17.2. The molecular formula is C13H18N4O5S. The summed E-state index contributed by atoms with van der Waals surface area (Å²) in [7, 11) is 1.49. The van der Waals surface area contributed by atoms with Gasteiger partial charge in [-0.3, -0.25) is 19.2 Å². The molecule has 3 N–H and O–H groups in total. The third-order valence-corrected chi connectivity index (χ3v) is 3.34. The highest BCUT2D eigenvalue weighted by Gasteiger charge is 2.10. The third kappa shape index (κ3) is 7.45. The smallest absolute Gasteiger partial charge is 0.325 e. The van der Waals surface area contributed by atoms with Crippen LogP contribution in [0.4, 0.5) is 0 Å². The van der Waals surface area contributed by atoms with Crippen molar-refractivity contribution in [3.8, 4) is 0 Å². The number of esters is 1. The lowest BCUT2D eigenvalue weighted by Crippen LogP contribution is -2.32. The second-order valence-corrected chi connectivity index (χ2v) is 5.23. The molecule has 1 rings (SSSR count). The minimum absolute atomic E-state index is 0.0248. The molecule has 126 valence electrons. The molecular weight excluding hydrogens is 324 g/mol. The minimum Gasteiger partial charge on any atom is -0.465 e. The highest BCUT2D eigenvalue weighted by atomic mass is 32.2. The first-order valence-electron chi connectivity index (χ1n) is 6.80. The Bertz CT molecular complexity index is 631. The summed E-state index contributed by atoms with van der Waals surface area (Å²) in [5.74, 6) is -1.23. The fourth-order valence-electron chi connectivity index (χ4n) is 1.46. The van der Waals surface area contributed by atoms with Crippen LogP contribution in [0.1, 0.15) is 12.6 Å². The average molecular weight is 342 g/mol. The molecule has 0 aliphatic rings. The number of carbonyl (C=O) groups excluding carboxylic acids is 3. The van der Waals surface area contributed by atoms with Crippen LogP contribution in [0.3, 0.4) is 0 Å². The van der Waals surface area contributed by atoms with Gasteiger partial charge in [0.25, 0.3) is 5.56 Å². The normalized spacial score (nSPS) is 10.0. The van der Waals surface area contributed by atoms with Gasteiger partial charge in [-0.05, 0) is 6.92 Å². The molecule has 0 atom stereocenters. The van der Waals surface area contributed by atoms with Crippen LogP contribution in [0.5, 0.6) is 0 Å². The quantitative estimate of drug-likeness (QED) is 0.308. The molecule has 9 nitrogen and oxygen atoms in total. The highest BCUT2D eigenvalue weighted by Crippen LogP contribution is 2.10. The largest absolute Gasteiger partial charge is 0.465 e. The van der Waals surface area contributed by atoms with Gasteiger partial charge in [0.05, 0.1) is 24.5 Å². The number of carbonyl (C=O) groups is 3. The Morgan fingerprint density at radius 2 is 2.09 bits per heavy atom. The van der Waals surface area contributed by atoms with Gasteiger partial charge in [0.2, 0.25) is 11.8 Å². The molecule has 0 saturated heterocycles. The van der Waals surface area contributed by atoms with Crippen LogP contribution in [0.25, 0.3) is 0 Å². The number of H-pyrrole nitrogens is 1. The average Bonchev–Trinajstić information content (AvgIpc) is 2.50. The van der Waals surface area contributed by atoms with Crippen molar-refractivity contribution < 1.29 is 19.1 Å². The van der Waals surface area contributed by atoms with Crippen molar-refractivity contribution in [1.82, 2.24) is 20.6 Å². The van der Waals surface area contributed by atoms with Gasteiger partial charge in [-0.1, -0.05) is 11.8 Å². The lowest BCUT2D eigenvalue weighted by molar-refractivity contribution is -0.143. The summed E-state index contributed by atoms with van der Waals surface area (Å²) in [6, 6.07) is 1.22. The summed E-state index contributed by atoms with van der Waals surface area (Å²) >= 11 is 0.994. The molecule has 23 heavy (non-hydrogen) atoms. The molecule has 0 fully saturated rings. The standard InChI is InChI=1S/C13H18N4O5S/c1-3-22-12(21)6-15-11(20)7-23-13-16-8(4-9(18)14-2)5-10(19)17-13/h5H,3-4,6-7H2,1-2H3,(H,14,18)(H,15,20)(H,16,17,19).